The smallest absolute Gasteiger partial charge is 0.357 e. The molecule has 7 nitrogen and oxygen atoms in total. The predicted molar refractivity (Wildman–Crippen MR) is 144 cm³/mol. The second-order valence-electron chi connectivity index (χ2n) is 8.75. The Kier molecular flexibility index (Phi) is 9.63. The fourth-order valence-electron chi connectivity index (χ4n) is 3.98. The third kappa shape index (κ3) is 7.96. The first-order chi connectivity index (χ1) is 18.3. The SMILES string of the molecule is CNC(=O)[C@@H](Cc1ccccc1)N(Cc1ccccc1Cl)C(=O)CN(c1cccc(C(F)(F)F)c1)S(C)(=O)=O. The average molecular weight is 582 g/mol. The number of carbonyl (C=O) groups is 2. The van der Waals surface area contributed by atoms with E-state index in [9.17, 15) is 31.2 Å². The first kappa shape index (κ1) is 30.0. The van der Waals surface area contributed by atoms with Crippen LogP contribution in [0.3, 0.4) is 0 Å². The van der Waals surface area contributed by atoms with Gasteiger partial charge in [0.15, 0.2) is 0 Å². The Morgan fingerprint density at radius 2 is 1.62 bits per heavy atom. The zero-order chi connectivity index (χ0) is 28.8. The maximum atomic E-state index is 13.8. The lowest BCUT2D eigenvalue weighted by Gasteiger charge is -2.33. The van der Waals surface area contributed by atoms with Crippen LogP contribution in [0.5, 0.6) is 0 Å². The van der Waals surface area contributed by atoms with Crippen LogP contribution >= 0.6 is 11.6 Å². The molecule has 1 N–H and O–H groups in total. The highest BCUT2D eigenvalue weighted by Crippen LogP contribution is 2.32. The second kappa shape index (κ2) is 12.5. The molecule has 1 atom stereocenters. The Morgan fingerprint density at radius 3 is 2.21 bits per heavy atom. The molecule has 3 rings (SSSR count). The molecule has 39 heavy (non-hydrogen) atoms. The van der Waals surface area contributed by atoms with Gasteiger partial charge in [-0.25, -0.2) is 8.42 Å². The third-order valence-electron chi connectivity index (χ3n) is 5.96. The lowest BCUT2D eigenvalue weighted by atomic mass is 10.0. The molecule has 0 fully saturated rings. The number of anilines is 1. The van der Waals surface area contributed by atoms with Gasteiger partial charge in [-0.1, -0.05) is 66.2 Å². The molecule has 0 aromatic heterocycles. The van der Waals surface area contributed by atoms with Crippen molar-refractivity contribution in [3.05, 3.63) is 101 Å². The number of benzene rings is 3. The Morgan fingerprint density at radius 1 is 0.974 bits per heavy atom. The molecule has 0 bridgehead atoms. The number of halogens is 4. The highest BCUT2D eigenvalue weighted by atomic mass is 35.5. The molecule has 0 saturated heterocycles. The van der Waals surface area contributed by atoms with E-state index in [2.05, 4.69) is 5.32 Å². The number of hydrogen-bond donors (Lipinski definition) is 1. The van der Waals surface area contributed by atoms with Gasteiger partial charge in [0.1, 0.15) is 12.6 Å². The molecule has 0 unspecified atom stereocenters. The normalized spacial score (nSPS) is 12.5. The molecule has 208 valence electrons. The number of hydrogen-bond acceptors (Lipinski definition) is 4. The van der Waals surface area contributed by atoms with Crippen molar-refractivity contribution in [1.82, 2.24) is 10.2 Å². The van der Waals surface area contributed by atoms with E-state index < -0.39 is 46.2 Å². The van der Waals surface area contributed by atoms with Crippen LogP contribution in [0.2, 0.25) is 5.02 Å². The van der Waals surface area contributed by atoms with Gasteiger partial charge in [0.05, 0.1) is 17.5 Å². The van der Waals surface area contributed by atoms with E-state index in [0.717, 1.165) is 24.0 Å². The highest BCUT2D eigenvalue weighted by molar-refractivity contribution is 7.92. The Hall–Kier alpha value is -3.57. The molecule has 0 aliphatic carbocycles. The molecule has 3 aromatic rings. The van der Waals surface area contributed by atoms with Crippen LogP contribution in [0, 0.1) is 0 Å². The van der Waals surface area contributed by atoms with Gasteiger partial charge in [-0.05, 0) is 35.4 Å². The molecule has 12 heteroatoms. The first-order valence-corrected chi connectivity index (χ1v) is 14.0. The van der Waals surface area contributed by atoms with Crippen molar-refractivity contribution >= 4 is 39.1 Å². The Labute approximate surface area is 230 Å². The molecule has 3 aromatic carbocycles. The van der Waals surface area contributed by atoms with Gasteiger partial charge in [0, 0.05) is 25.0 Å². The number of carbonyl (C=O) groups excluding carboxylic acids is 2. The highest BCUT2D eigenvalue weighted by Gasteiger charge is 2.35. The van der Waals surface area contributed by atoms with Gasteiger partial charge in [-0.3, -0.25) is 13.9 Å². The summed E-state index contributed by atoms with van der Waals surface area (Å²) in [7, 11) is -2.80. The zero-order valence-electron chi connectivity index (χ0n) is 21.2. The van der Waals surface area contributed by atoms with Crippen molar-refractivity contribution < 1.29 is 31.2 Å². The van der Waals surface area contributed by atoms with Crippen LogP contribution < -0.4 is 9.62 Å². The van der Waals surface area contributed by atoms with Gasteiger partial charge >= 0.3 is 6.18 Å². The summed E-state index contributed by atoms with van der Waals surface area (Å²) in [6, 6.07) is 18.2. The summed E-state index contributed by atoms with van der Waals surface area (Å²) < 4.78 is 66.0. The summed E-state index contributed by atoms with van der Waals surface area (Å²) in [6.45, 7) is -0.990. The van der Waals surface area contributed by atoms with E-state index in [4.69, 9.17) is 11.6 Å². The predicted octanol–water partition coefficient (Wildman–Crippen LogP) is 4.51. The van der Waals surface area contributed by atoms with Crippen molar-refractivity contribution in [1.29, 1.82) is 0 Å². The van der Waals surface area contributed by atoms with Crippen molar-refractivity contribution in [2.24, 2.45) is 0 Å². The van der Waals surface area contributed by atoms with Crippen molar-refractivity contribution in [3.63, 3.8) is 0 Å². The minimum absolute atomic E-state index is 0.0964. The molecule has 0 radical (unpaired) electrons. The summed E-state index contributed by atoms with van der Waals surface area (Å²) >= 11 is 6.33. The number of rotatable bonds is 10. The molecule has 0 spiro atoms. The second-order valence-corrected chi connectivity index (χ2v) is 11.1. The number of nitrogens with one attached hydrogen (secondary N) is 1. The molecular weight excluding hydrogens is 555 g/mol. The van der Waals surface area contributed by atoms with Crippen molar-refractivity contribution in [2.75, 3.05) is 24.2 Å². The van der Waals surface area contributed by atoms with E-state index in [1.54, 1.807) is 54.6 Å². The van der Waals surface area contributed by atoms with Gasteiger partial charge in [-0.15, -0.1) is 0 Å². The minimum Gasteiger partial charge on any atom is -0.357 e. The number of nitrogens with zero attached hydrogens (tertiary/aromatic N) is 2. The van der Waals surface area contributed by atoms with Gasteiger partial charge in [0.2, 0.25) is 21.8 Å². The number of amides is 2. The van der Waals surface area contributed by atoms with Gasteiger partial charge < -0.3 is 10.2 Å². The van der Waals surface area contributed by atoms with Crippen molar-refractivity contribution in [3.8, 4) is 0 Å². The molecule has 0 heterocycles. The van der Waals surface area contributed by atoms with Crippen LogP contribution in [-0.4, -0.2) is 51.0 Å². The van der Waals surface area contributed by atoms with Crippen LogP contribution in [0.1, 0.15) is 16.7 Å². The third-order valence-corrected chi connectivity index (χ3v) is 7.47. The standard InChI is InChI=1S/C27H27ClF3N3O4S/c1-32-26(36)24(15-19-9-4-3-5-10-19)33(17-20-11-6-7-14-23(20)28)25(35)18-34(39(2,37)38)22-13-8-12-21(16-22)27(29,30)31/h3-14,16,24H,15,17-18H2,1-2H3,(H,32,36)/t24-/m1/s1. The number of likely N-dealkylation sites (N-methyl/N-ethyl adjacent to an activating group) is 1. The van der Waals surface area contributed by atoms with E-state index in [1.807, 2.05) is 0 Å². The van der Waals surface area contributed by atoms with E-state index >= 15 is 0 Å². The van der Waals surface area contributed by atoms with E-state index in [1.165, 1.54) is 18.0 Å². The zero-order valence-corrected chi connectivity index (χ0v) is 22.7. The largest absolute Gasteiger partial charge is 0.416 e. The maximum Gasteiger partial charge on any atom is 0.416 e. The lowest BCUT2D eigenvalue weighted by Crippen LogP contribution is -2.53. The minimum atomic E-state index is -4.72. The topological polar surface area (TPSA) is 86.8 Å². The van der Waals surface area contributed by atoms with Crippen LogP contribution in [-0.2, 0) is 38.8 Å². The van der Waals surface area contributed by atoms with Crippen LogP contribution in [0.25, 0.3) is 0 Å². The fraction of sp³-hybridized carbons (Fsp3) is 0.259. The van der Waals surface area contributed by atoms with E-state index in [-0.39, 0.29) is 18.7 Å². The summed E-state index contributed by atoms with van der Waals surface area (Å²) in [6.07, 6.45) is -3.84. The fourth-order valence-corrected chi connectivity index (χ4v) is 5.02. The summed E-state index contributed by atoms with van der Waals surface area (Å²) in [5.74, 6) is -1.31. The Bertz CT molecular complexity index is 1420. The summed E-state index contributed by atoms with van der Waals surface area (Å²) in [5, 5.41) is 2.86. The molecule has 0 aliphatic heterocycles. The van der Waals surface area contributed by atoms with Gasteiger partial charge in [-0.2, -0.15) is 13.2 Å². The van der Waals surface area contributed by atoms with Crippen LogP contribution in [0.15, 0.2) is 78.9 Å². The molecule has 2 amide bonds. The lowest BCUT2D eigenvalue weighted by molar-refractivity contribution is -0.139. The Balaban J connectivity index is 2.06. The van der Waals surface area contributed by atoms with Crippen LogP contribution in [0.4, 0.5) is 18.9 Å². The summed E-state index contributed by atoms with van der Waals surface area (Å²) in [5.41, 5.74) is -0.167. The van der Waals surface area contributed by atoms with Crippen molar-refractivity contribution in [2.45, 2.75) is 25.2 Å². The quantitative estimate of drug-likeness (QED) is 0.382. The molecular formula is C27H27ClF3N3O4S. The molecule has 0 saturated carbocycles. The number of alkyl halides is 3. The molecule has 0 aliphatic rings. The van der Waals surface area contributed by atoms with E-state index in [0.29, 0.717) is 21.0 Å². The summed E-state index contributed by atoms with van der Waals surface area (Å²) in [4.78, 5) is 28.0. The monoisotopic (exact) mass is 581 g/mol. The average Bonchev–Trinajstić information content (AvgIpc) is 2.89. The first-order valence-electron chi connectivity index (χ1n) is 11.7. The maximum absolute atomic E-state index is 13.8. The number of sulfonamides is 1. The van der Waals surface area contributed by atoms with Gasteiger partial charge in [0.25, 0.3) is 0 Å².